The molecule has 0 spiro atoms. The number of rotatable bonds is 3. The number of amides is 1. The second-order valence-electron chi connectivity index (χ2n) is 6.04. The third-order valence-electron chi connectivity index (χ3n) is 4.63. The van der Waals surface area contributed by atoms with Gasteiger partial charge in [0.05, 0.1) is 5.69 Å². The number of fused-ring (bicyclic) bond motifs is 1. The number of nitrogens with one attached hydrogen (secondary N) is 1. The van der Waals surface area contributed by atoms with Crippen LogP contribution in [-0.2, 0) is 17.6 Å². The molecule has 0 saturated heterocycles. The minimum Gasteiger partial charge on any atom is -0.330 e. The molecule has 0 radical (unpaired) electrons. The highest BCUT2D eigenvalue weighted by atomic mass is 32.1. The molecule has 1 aromatic rings. The number of hydrogen-bond acceptors (Lipinski definition) is 4. The Morgan fingerprint density at radius 2 is 2.00 bits per heavy atom. The van der Waals surface area contributed by atoms with Crippen LogP contribution in [0.5, 0.6) is 0 Å². The predicted octanol–water partition coefficient (Wildman–Crippen LogP) is 2.73. The van der Waals surface area contributed by atoms with Gasteiger partial charge in [-0.05, 0) is 63.8 Å². The van der Waals surface area contributed by atoms with Gasteiger partial charge in [-0.25, -0.2) is 4.98 Å². The van der Waals surface area contributed by atoms with Gasteiger partial charge in [0, 0.05) is 10.8 Å². The molecule has 1 amide bonds. The maximum atomic E-state index is 12.3. The maximum Gasteiger partial charge on any atom is 0.229 e. The van der Waals surface area contributed by atoms with Crippen molar-refractivity contribution in [3.05, 3.63) is 10.6 Å². The van der Waals surface area contributed by atoms with Gasteiger partial charge in [-0.2, -0.15) is 0 Å². The van der Waals surface area contributed by atoms with Crippen LogP contribution in [0.1, 0.15) is 49.1 Å². The van der Waals surface area contributed by atoms with Crippen LogP contribution in [0.15, 0.2) is 0 Å². The summed E-state index contributed by atoms with van der Waals surface area (Å²) in [6.07, 6.45) is 8.80. The van der Waals surface area contributed by atoms with Crippen LogP contribution in [0.25, 0.3) is 0 Å². The molecule has 2 aliphatic carbocycles. The van der Waals surface area contributed by atoms with Crippen LogP contribution >= 0.6 is 11.3 Å². The van der Waals surface area contributed by atoms with Crippen LogP contribution in [0.2, 0.25) is 0 Å². The molecule has 0 aliphatic heterocycles. The van der Waals surface area contributed by atoms with E-state index in [0.717, 1.165) is 50.2 Å². The quantitative estimate of drug-likeness (QED) is 0.900. The summed E-state index contributed by atoms with van der Waals surface area (Å²) in [5, 5.41) is 3.85. The fourth-order valence-electron chi connectivity index (χ4n) is 3.27. The SMILES string of the molecule is NCC1CCC(C(=O)Nc2nc3c(s2)CCCC3)CC1. The first kappa shape index (κ1) is 14.0. The van der Waals surface area contributed by atoms with Crippen molar-refractivity contribution in [2.24, 2.45) is 17.6 Å². The normalized spacial score (nSPS) is 26.1. The first-order valence-corrected chi connectivity index (χ1v) is 8.57. The highest BCUT2D eigenvalue weighted by Gasteiger charge is 2.26. The Hall–Kier alpha value is -0.940. The first-order chi connectivity index (χ1) is 9.76. The number of thiazole rings is 1. The molecule has 1 saturated carbocycles. The summed E-state index contributed by atoms with van der Waals surface area (Å²) >= 11 is 1.67. The average molecular weight is 293 g/mol. The van der Waals surface area contributed by atoms with Crippen molar-refractivity contribution >= 4 is 22.4 Å². The average Bonchev–Trinajstić information content (AvgIpc) is 2.89. The van der Waals surface area contributed by atoms with E-state index in [0.29, 0.717) is 5.92 Å². The molecule has 110 valence electrons. The predicted molar refractivity (Wildman–Crippen MR) is 81.9 cm³/mol. The molecule has 0 unspecified atom stereocenters. The molecule has 20 heavy (non-hydrogen) atoms. The van der Waals surface area contributed by atoms with E-state index in [1.807, 2.05) is 0 Å². The molecule has 0 atom stereocenters. The van der Waals surface area contributed by atoms with Gasteiger partial charge < -0.3 is 11.1 Å². The highest BCUT2D eigenvalue weighted by Crippen LogP contribution is 2.32. The van der Waals surface area contributed by atoms with E-state index in [2.05, 4.69) is 10.3 Å². The lowest BCUT2D eigenvalue weighted by Crippen LogP contribution is -2.29. The fraction of sp³-hybridized carbons (Fsp3) is 0.733. The summed E-state index contributed by atoms with van der Waals surface area (Å²) in [4.78, 5) is 18.3. The van der Waals surface area contributed by atoms with E-state index in [1.54, 1.807) is 11.3 Å². The standard InChI is InChI=1S/C15H23N3OS/c16-9-10-5-7-11(8-6-10)14(19)18-15-17-12-3-1-2-4-13(12)20-15/h10-11H,1-9,16H2,(H,17,18,19). The monoisotopic (exact) mass is 293 g/mol. The number of aryl methyl sites for hydroxylation is 2. The molecule has 3 rings (SSSR count). The second kappa shape index (κ2) is 6.22. The topological polar surface area (TPSA) is 68.0 Å². The lowest BCUT2D eigenvalue weighted by molar-refractivity contribution is -0.121. The number of carbonyl (C=O) groups is 1. The highest BCUT2D eigenvalue weighted by molar-refractivity contribution is 7.15. The molecule has 2 aliphatic rings. The lowest BCUT2D eigenvalue weighted by atomic mass is 9.82. The van der Waals surface area contributed by atoms with Gasteiger partial charge in [0.15, 0.2) is 5.13 Å². The molecule has 5 heteroatoms. The molecule has 4 nitrogen and oxygen atoms in total. The van der Waals surface area contributed by atoms with Gasteiger partial charge in [-0.1, -0.05) is 0 Å². The zero-order chi connectivity index (χ0) is 13.9. The molecular formula is C15H23N3OS. The Balaban J connectivity index is 1.57. The number of carbonyl (C=O) groups excluding carboxylic acids is 1. The van der Waals surface area contributed by atoms with E-state index in [1.165, 1.54) is 23.4 Å². The first-order valence-electron chi connectivity index (χ1n) is 7.75. The van der Waals surface area contributed by atoms with Crippen molar-refractivity contribution in [3.63, 3.8) is 0 Å². The van der Waals surface area contributed by atoms with E-state index in [9.17, 15) is 4.79 Å². The van der Waals surface area contributed by atoms with E-state index < -0.39 is 0 Å². The van der Waals surface area contributed by atoms with Crippen LogP contribution in [0, 0.1) is 11.8 Å². The zero-order valence-electron chi connectivity index (χ0n) is 11.9. The van der Waals surface area contributed by atoms with Crippen molar-refractivity contribution in [1.82, 2.24) is 4.98 Å². The van der Waals surface area contributed by atoms with Crippen molar-refractivity contribution in [2.45, 2.75) is 51.4 Å². The Labute approximate surface area is 124 Å². The van der Waals surface area contributed by atoms with Crippen LogP contribution in [0.4, 0.5) is 5.13 Å². The number of anilines is 1. The third kappa shape index (κ3) is 3.04. The van der Waals surface area contributed by atoms with E-state index in [4.69, 9.17) is 5.73 Å². The summed E-state index contributed by atoms with van der Waals surface area (Å²) < 4.78 is 0. The Morgan fingerprint density at radius 1 is 1.25 bits per heavy atom. The molecule has 0 bridgehead atoms. The Morgan fingerprint density at radius 3 is 2.70 bits per heavy atom. The molecule has 0 aromatic carbocycles. The third-order valence-corrected chi connectivity index (χ3v) is 5.70. The van der Waals surface area contributed by atoms with Crippen molar-refractivity contribution in [2.75, 3.05) is 11.9 Å². The van der Waals surface area contributed by atoms with Crippen molar-refractivity contribution in [1.29, 1.82) is 0 Å². The van der Waals surface area contributed by atoms with Crippen LogP contribution < -0.4 is 11.1 Å². The number of aromatic nitrogens is 1. The minimum atomic E-state index is 0.152. The molecular weight excluding hydrogens is 270 g/mol. The Bertz CT molecular complexity index is 454. The van der Waals surface area contributed by atoms with Crippen molar-refractivity contribution < 1.29 is 4.79 Å². The second-order valence-corrected chi connectivity index (χ2v) is 7.12. The summed E-state index contributed by atoms with van der Waals surface area (Å²) in [5.74, 6) is 0.927. The maximum absolute atomic E-state index is 12.3. The van der Waals surface area contributed by atoms with Gasteiger partial charge in [0.2, 0.25) is 5.91 Å². The largest absolute Gasteiger partial charge is 0.330 e. The van der Waals surface area contributed by atoms with E-state index >= 15 is 0 Å². The Kier molecular flexibility index (Phi) is 4.36. The van der Waals surface area contributed by atoms with Crippen molar-refractivity contribution in [3.8, 4) is 0 Å². The van der Waals surface area contributed by atoms with E-state index in [-0.39, 0.29) is 11.8 Å². The lowest BCUT2D eigenvalue weighted by Gasteiger charge is -2.26. The number of nitrogens with two attached hydrogens (primary N) is 1. The summed E-state index contributed by atoms with van der Waals surface area (Å²) in [7, 11) is 0. The number of nitrogens with zero attached hydrogens (tertiary/aromatic N) is 1. The fourth-order valence-corrected chi connectivity index (χ4v) is 4.33. The molecule has 1 heterocycles. The summed E-state index contributed by atoms with van der Waals surface area (Å²) in [5.41, 5.74) is 6.91. The smallest absolute Gasteiger partial charge is 0.229 e. The molecule has 1 aromatic heterocycles. The molecule has 1 fully saturated rings. The van der Waals surface area contributed by atoms with Gasteiger partial charge in [0.1, 0.15) is 0 Å². The number of hydrogen-bond donors (Lipinski definition) is 2. The summed E-state index contributed by atoms with van der Waals surface area (Å²) in [6, 6.07) is 0. The van der Waals surface area contributed by atoms with Gasteiger partial charge in [-0.3, -0.25) is 4.79 Å². The van der Waals surface area contributed by atoms with Gasteiger partial charge >= 0.3 is 0 Å². The summed E-state index contributed by atoms with van der Waals surface area (Å²) in [6.45, 7) is 0.757. The van der Waals surface area contributed by atoms with Gasteiger partial charge in [0.25, 0.3) is 0 Å². The molecule has 3 N–H and O–H groups in total. The van der Waals surface area contributed by atoms with Crippen LogP contribution in [0.3, 0.4) is 0 Å². The minimum absolute atomic E-state index is 0.152. The van der Waals surface area contributed by atoms with Gasteiger partial charge in [-0.15, -0.1) is 11.3 Å². The zero-order valence-corrected chi connectivity index (χ0v) is 12.7. The van der Waals surface area contributed by atoms with Crippen LogP contribution in [-0.4, -0.2) is 17.4 Å².